The maximum atomic E-state index is 12.6. The Morgan fingerprint density at radius 1 is 0.938 bits per heavy atom. The Bertz CT molecular complexity index is 1030. The molecule has 0 aliphatic carbocycles. The number of nitrogens with one attached hydrogen (secondary N) is 1. The Morgan fingerprint density at radius 3 is 2.38 bits per heavy atom. The minimum absolute atomic E-state index is 0.251. The lowest BCUT2D eigenvalue weighted by Gasteiger charge is -2.35. The topological polar surface area (TPSA) is 61.4 Å². The Morgan fingerprint density at radius 2 is 1.66 bits per heavy atom. The zero-order valence-electron chi connectivity index (χ0n) is 18.9. The van der Waals surface area contributed by atoms with Crippen LogP contribution in [0.5, 0.6) is 0 Å². The second-order valence-electron chi connectivity index (χ2n) is 8.36. The molecule has 166 valence electrons. The summed E-state index contributed by atoms with van der Waals surface area (Å²) in [4.78, 5) is 26.0. The van der Waals surface area contributed by atoms with Crippen LogP contribution in [0.4, 0.5) is 17.3 Å². The summed E-state index contributed by atoms with van der Waals surface area (Å²) in [7, 11) is 0. The molecule has 1 fully saturated rings. The van der Waals surface area contributed by atoms with Crippen LogP contribution in [0, 0.1) is 13.8 Å². The van der Waals surface area contributed by atoms with E-state index in [1.54, 1.807) is 0 Å². The molecule has 2 heterocycles. The van der Waals surface area contributed by atoms with Gasteiger partial charge in [0.05, 0.1) is 0 Å². The summed E-state index contributed by atoms with van der Waals surface area (Å²) in [6.45, 7) is 7.01. The van der Waals surface area contributed by atoms with Gasteiger partial charge in [-0.15, -0.1) is 0 Å². The van der Waals surface area contributed by atoms with E-state index in [0.717, 1.165) is 62.2 Å². The Hall–Kier alpha value is -3.41. The number of aryl methyl sites for hydroxylation is 3. The SMILES string of the molecule is Cc1ccc(Nc2cc(N3CCN(C(=O)CCCc4ccccc4)CC3)nc(C)n2)cc1. The van der Waals surface area contributed by atoms with Crippen molar-refractivity contribution in [1.82, 2.24) is 14.9 Å². The molecule has 4 rings (SSSR count). The molecule has 0 atom stereocenters. The van der Waals surface area contributed by atoms with Crippen molar-refractivity contribution in [3.05, 3.63) is 77.6 Å². The molecule has 32 heavy (non-hydrogen) atoms. The number of benzene rings is 2. The fraction of sp³-hybridized carbons (Fsp3) is 0.346. The molecule has 0 saturated carbocycles. The van der Waals surface area contributed by atoms with E-state index in [1.807, 2.05) is 36.1 Å². The van der Waals surface area contributed by atoms with Gasteiger partial charge in [-0.25, -0.2) is 9.97 Å². The normalized spacial score (nSPS) is 13.8. The van der Waals surface area contributed by atoms with Crippen LogP contribution in [0.3, 0.4) is 0 Å². The highest BCUT2D eigenvalue weighted by molar-refractivity contribution is 5.76. The highest BCUT2D eigenvalue weighted by atomic mass is 16.2. The lowest BCUT2D eigenvalue weighted by atomic mass is 10.1. The van der Waals surface area contributed by atoms with Crippen LogP contribution in [0.25, 0.3) is 0 Å². The van der Waals surface area contributed by atoms with Gasteiger partial charge in [-0.05, 0) is 44.4 Å². The summed E-state index contributed by atoms with van der Waals surface area (Å²) < 4.78 is 0. The van der Waals surface area contributed by atoms with Gasteiger partial charge in [0.25, 0.3) is 0 Å². The maximum Gasteiger partial charge on any atom is 0.222 e. The third-order valence-corrected chi connectivity index (χ3v) is 5.80. The van der Waals surface area contributed by atoms with E-state index in [-0.39, 0.29) is 5.91 Å². The molecule has 1 aliphatic rings. The molecular formula is C26H31N5O. The van der Waals surface area contributed by atoms with Crippen molar-refractivity contribution in [2.24, 2.45) is 0 Å². The van der Waals surface area contributed by atoms with Crippen LogP contribution in [0.2, 0.25) is 0 Å². The third kappa shape index (κ3) is 5.84. The molecule has 1 aliphatic heterocycles. The van der Waals surface area contributed by atoms with Gasteiger partial charge >= 0.3 is 0 Å². The number of hydrogen-bond acceptors (Lipinski definition) is 5. The van der Waals surface area contributed by atoms with Crippen LogP contribution in [0.15, 0.2) is 60.7 Å². The number of hydrogen-bond donors (Lipinski definition) is 1. The molecule has 0 radical (unpaired) electrons. The highest BCUT2D eigenvalue weighted by Gasteiger charge is 2.22. The number of piperazine rings is 1. The number of anilines is 3. The van der Waals surface area contributed by atoms with Gasteiger partial charge in [0.1, 0.15) is 17.5 Å². The number of amides is 1. The molecule has 0 spiro atoms. The molecule has 2 aromatic carbocycles. The minimum atomic E-state index is 0.251. The van der Waals surface area contributed by atoms with Crippen molar-refractivity contribution >= 4 is 23.2 Å². The number of carbonyl (C=O) groups is 1. The van der Waals surface area contributed by atoms with Crippen LogP contribution in [0.1, 0.15) is 29.8 Å². The lowest BCUT2D eigenvalue weighted by molar-refractivity contribution is -0.131. The fourth-order valence-corrected chi connectivity index (χ4v) is 3.99. The van der Waals surface area contributed by atoms with Crippen LogP contribution >= 0.6 is 0 Å². The summed E-state index contributed by atoms with van der Waals surface area (Å²) in [5, 5.41) is 3.37. The molecule has 1 N–H and O–H groups in total. The van der Waals surface area contributed by atoms with Gasteiger partial charge in [0.2, 0.25) is 5.91 Å². The quantitative estimate of drug-likeness (QED) is 0.599. The predicted octanol–water partition coefficient (Wildman–Crippen LogP) is 4.51. The Balaban J connectivity index is 1.30. The molecule has 1 amide bonds. The van der Waals surface area contributed by atoms with Crippen LogP contribution in [-0.4, -0.2) is 47.0 Å². The van der Waals surface area contributed by atoms with E-state index in [4.69, 9.17) is 0 Å². The van der Waals surface area contributed by atoms with Crippen molar-refractivity contribution in [1.29, 1.82) is 0 Å². The standard InChI is InChI=1S/C26H31N5O/c1-20-11-13-23(14-12-20)29-24-19-25(28-21(2)27-24)30-15-17-31(18-16-30)26(32)10-6-9-22-7-4-3-5-8-22/h3-5,7-8,11-14,19H,6,9-10,15-18H2,1-2H3,(H,27,28,29). The lowest BCUT2D eigenvalue weighted by Crippen LogP contribution is -2.49. The maximum absolute atomic E-state index is 12.6. The first-order valence-electron chi connectivity index (χ1n) is 11.3. The van der Waals surface area contributed by atoms with Crippen molar-refractivity contribution < 1.29 is 4.79 Å². The number of rotatable bonds is 7. The molecule has 0 unspecified atom stereocenters. The Kier molecular flexibility index (Phi) is 7.00. The average molecular weight is 430 g/mol. The molecule has 3 aromatic rings. The second kappa shape index (κ2) is 10.3. The smallest absolute Gasteiger partial charge is 0.222 e. The summed E-state index contributed by atoms with van der Waals surface area (Å²) >= 11 is 0. The molecule has 1 aromatic heterocycles. The summed E-state index contributed by atoms with van der Waals surface area (Å²) in [5.41, 5.74) is 3.52. The largest absolute Gasteiger partial charge is 0.353 e. The number of aromatic nitrogens is 2. The zero-order chi connectivity index (χ0) is 22.3. The van der Waals surface area contributed by atoms with Crippen molar-refractivity contribution in [3.8, 4) is 0 Å². The van der Waals surface area contributed by atoms with E-state index in [9.17, 15) is 4.79 Å². The van der Waals surface area contributed by atoms with Gasteiger partial charge in [-0.2, -0.15) is 0 Å². The van der Waals surface area contributed by atoms with E-state index in [2.05, 4.69) is 63.5 Å². The van der Waals surface area contributed by atoms with Gasteiger partial charge in [-0.3, -0.25) is 4.79 Å². The second-order valence-corrected chi connectivity index (χ2v) is 8.36. The monoisotopic (exact) mass is 429 g/mol. The van der Waals surface area contributed by atoms with Crippen LogP contribution < -0.4 is 10.2 Å². The first kappa shape index (κ1) is 21.8. The van der Waals surface area contributed by atoms with Crippen molar-refractivity contribution in [2.75, 3.05) is 36.4 Å². The molecule has 6 heteroatoms. The molecular weight excluding hydrogens is 398 g/mol. The molecule has 6 nitrogen and oxygen atoms in total. The minimum Gasteiger partial charge on any atom is -0.353 e. The first-order chi connectivity index (χ1) is 15.6. The fourth-order valence-electron chi connectivity index (χ4n) is 3.99. The summed E-state index contributed by atoms with van der Waals surface area (Å²) in [5.74, 6) is 2.68. The molecule has 1 saturated heterocycles. The van der Waals surface area contributed by atoms with E-state index in [1.165, 1.54) is 11.1 Å². The van der Waals surface area contributed by atoms with Crippen molar-refractivity contribution in [2.45, 2.75) is 33.1 Å². The predicted molar refractivity (Wildman–Crippen MR) is 129 cm³/mol. The highest BCUT2D eigenvalue weighted by Crippen LogP contribution is 2.21. The van der Waals surface area contributed by atoms with E-state index in [0.29, 0.717) is 6.42 Å². The van der Waals surface area contributed by atoms with E-state index < -0.39 is 0 Å². The zero-order valence-corrected chi connectivity index (χ0v) is 18.9. The van der Waals surface area contributed by atoms with Gasteiger partial charge in [-0.1, -0.05) is 48.0 Å². The van der Waals surface area contributed by atoms with Crippen LogP contribution in [-0.2, 0) is 11.2 Å². The van der Waals surface area contributed by atoms with Crippen molar-refractivity contribution in [3.63, 3.8) is 0 Å². The van der Waals surface area contributed by atoms with Gasteiger partial charge in [0.15, 0.2) is 0 Å². The summed E-state index contributed by atoms with van der Waals surface area (Å²) in [6.07, 6.45) is 2.44. The average Bonchev–Trinajstić information content (AvgIpc) is 2.81. The first-order valence-corrected chi connectivity index (χ1v) is 11.3. The Labute approximate surface area is 190 Å². The van der Waals surface area contributed by atoms with E-state index >= 15 is 0 Å². The summed E-state index contributed by atoms with van der Waals surface area (Å²) in [6, 6.07) is 20.6. The molecule has 0 bridgehead atoms. The third-order valence-electron chi connectivity index (χ3n) is 5.80. The van der Waals surface area contributed by atoms with Gasteiger partial charge < -0.3 is 15.1 Å². The van der Waals surface area contributed by atoms with Gasteiger partial charge in [0, 0.05) is 44.4 Å². The number of nitrogens with zero attached hydrogens (tertiary/aromatic N) is 4. The number of carbonyl (C=O) groups excluding carboxylic acids is 1.